The molecule has 2 amide bonds. The number of nitrogens with one attached hydrogen (secondary N) is 1. The molecule has 5 nitrogen and oxygen atoms in total. The smallest absolute Gasteiger partial charge is 0.317 e. The van der Waals surface area contributed by atoms with Crippen molar-refractivity contribution in [2.75, 3.05) is 26.3 Å². The van der Waals surface area contributed by atoms with Gasteiger partial charge in [0.15, 0.2) is 0 Å². The first-order chi connectivity index (χ1) is 13.1. The number of rotatable bonds is 5. The van der Waals surface area contributed by atoms with Crippen molar-refractivity contribution in [1.29, 1.82) is 0 Å². The number of aryl methyl sites for hydroxylation is 1. The number of hydrogen-bond acceptors (Lipinski definition) is 3. The summed E-state index contributed by atoms with van der Waals surface area (Å²) in [5, 5.41) is 3.05. The van der Waals surface area contributed by atoms with E-state index >= 15 is 0 Å². The summed E-state index contributed by atoms with van der Waals surface area (Å²) >= 11 is 0. The van der Waals surface area contributed by atoms with Crippen LogP contribution >= 0.6 is 0 Å². The lowest BCUT2D eigenvalue weighted by Gasteiger charge is -2.46. The zero-order valence-corrected chi connectivity index (χ0v) is 16.4. The summed E-state index contributed by atoms with van der Waals surface area (Å²) in [5.74, 6) is 0.808. The van der Waals surface area contributed by atoms with Crippen LogP contribution in [0.25, 0.3) is 0 Å². The Bertz CT molecular complexity index is 633. The average molecular weight is 373 g/mol. The molecule has 1 N–H and O–H groups in total. The SMILES string of the molecule is Cc1ccc(CNC(=O)N2CCC3(CC2)CC(OCC2CC2)CCO3)cc1. The van der Waals surface area contributed by atoms with E-state index in [4.69, 9.17) is 9.47 Å². The summed E-state index contributed by atoms with van der Waals surface area (Å²) in [6, 6.07) is 8.32. The van der Waals surface area contributed by atoms with Crippen molar-refractivity contribution in [3.05, 3.63) is 35.4 Å². The van der Waals surface area contributed by atoms with Crippen LogP contribution in [-0.2, 0) is 16.0 Å². The highest BCUT2D eigenvalue weighted by molar-refractivity contribution is 5.74. The third-order valence-electron chi connectivity index (χ3n) is 6.24. The first-order valence-electron chi connectivity index (χ1n) is 10.5. The zero-order valence-electron chi connectivity index (χ0n) is 16.4. The van der Waals surface area contributed by atoms with Gasteiger partial charge < -0.3 is 19.7 Å². The van der Waals surface area contributed by atoms with Gasteiger partial charge in [-0.3, -0.25) is 0 Å². The molecule has 0 bridgehead atoms. The number of carbonyl (C=O) groups is 1. The molecule has 1 aliphatic carbocycles. The minimum atomic E-state index is -0.0831. The standard InChI is InChI=1S/C22H32N2O3/c1-17-2-4-18(5-3-17)15-23-21(25)24-11-9-22(10-12-24)14-20(8-13-27-22)26-16-19-6-7-19/h2-5,19-20H,6-16H2,1H3,(H,23,25). The minimum Gasteiger partial charge on any atom is -0.378 e. The molecule has 3 fully saturated rings. The number of hydrogen-bond donors (Lipinski definition) is 1. The number of nitrogens with zero attached hydrogens (tertiary/aromatic N) is 1. The molecular weight excluding hydrogens is 340 g/mol. The van der Waals surface area contributed by atoms with E-state index in [0.29, 0.717) is 12.6 Å². The van der Waals surface area contributed by atoms with E-state index in [1.807, 2.05) is 4.90 Å². The molecule has 2 heterocycles. The van der Waals surface area contributed by atoms with Crippen LogP contribution in [0, 0.1) is 12.8 Å². The van der Waals surface area contributed by atoms with E-state index < -0.39 is 0 Å². The van der Waals surface area contributed by atoms with Crippen LogP contribution in [0.4, 0.5) is 4.79 Å². The van der Waals surface area contributed by atoms with Crippen molar-refractivity contribution in [3.8, 4) is 0 Å². The van der Waals surface area contributed by atoms with Gasteiger partial charge in [-0.1, -0.05) is 29.8 Å². The van der Waals surface area contributed by atoms with Crippen molar-refractivity contribution in [3.63, 3.8) is 0 Å². The quantitative estimate of drug-likeness (QED) is 0.858. The second-order valence-electron chi connectivity index (χ2n) is 8.55. The van der Waals surface area contributed by atoms with Gasteiger partial charge in [-0.05, 0) is 50.5 Å². The highest BCUT2D eigenvalue weighted by Gasteiger charge is 2.41. The molecule has 0 radical (unpaired) electrons. The lowest BCUT2D eigenvalue weighted by Crippen LogP contribution is -2.53. The van der Waals surface area contributed by atoms with E-state index in [2.05, 4.69) is 36.5 Å². The highest BCUT2D eigenvalue weighted by Crippen LogP contribution is 2.37. The monoisotopic (exact) mass is 372 g/mol. The predicted molar refractivity (Wildman–Crippen MR) is 105 cm³/mol. The molecule has 5 heteroatoms. The third kappa shape index (κ3) is 5.02. The fourth-order valence-electron chi connectivity index (χ4n) is 4.14. The number of amides is 2. The Kier molecular flexibility index (Phi) is 5.69. The maximum atomic E-state index is 12.5. The minimum absolute atomic E-state index is 0.0303. The lowest BCUT2D eigenvalue weighted by atomic mass is 9.83. The largest absolute Gasteiger partial charge is 0.378 e. The number of urea groups is 1. The van der Waals surface area contributed by atoms with E-state index in [-0.39, 0.29) is 11.6 Å². The van der Waals surface area contributed by atoms with Gasteiger partial charge in [-0.2, -0.15) is 0 Å². The Balaban J connectivity index is 1.22. The highest BCUT2D eigenvalue weighted by atomic mass is 16.5. The number of benzene rings is 1. The second kappa shape index (κ2) is 8.19. The maximum absolute atomic E-state index is 12.5. The molecule has 27 heavy (non-hydrogen) atoms. The Morgan fingerprint density at radius 3 is 2.67 bits per heavy atom. The van der Waals surface area contributed by atoms with Gasteiger partial charge >= 0.3 is 6.03 Å². The Hall–Kier alpha value is -1.59. The second-order valence-corrected chi connectivity index (χ2v) is 8.55. The molecule has 1 atom stereocenters. The Morgan fingerprint density at radius 2 is 1.96 bits per heavy atom. The molecule has 1 aromatic rings. The van der Waals surface area contributed by atoms with Gasteiger partial charge in [-0.25, -0.2) is 4.79 Å². The molecule has 3 aliphatic rings. The maximum Gasteiger partial charge on any atom is 0.317 e. The van der Waals surface area contributed by atoms with Crippen LogP contribution < -0.4 is 5.32 Å². The van der Waals surface area contributed by atoms with E-state index in [1.165, 1.54) is 18.4 Å². The van der Waals surface area contributed by atoms with Crippen LogP contribution in [0.5, 0.6) is 0 Å². The molecule has 0 aromatic heterocycles. The van der Waals surface area contributed by atoms with Crippen molar-refractivity contribution in [2.24, 2.45) is 5.92 Å². The molecule has 1 spiro atoms. The van der Waals surface area contributed by atoms with Gasteiger partial charge in [0, 0.05) is 39.3 Å². The zero-order chi connectivity index (χ0) is 18.7. The van der Waals surface area contributed by atoms with Gasteiger partial charge in [-0.15, -0.1) is 0 Å². The Labute approximate surface area is 162 Å². The first kappa shape index (κ1) is 18.8. The normalized spacial score (nSPS) is 24.8. The summed E-state index contributed by atoms with van der Waals surface area (Å²) in [4.78, 5) is 14.4. The van der Waals surface area contributed by atoms with E-state index in [9.17, 15) is 4.79 Å². The van der Waals surface area contributed by atoms with Crippen LogP contribution in [0.3, 0.4) is 0 Å². The van der Waals surface area contributed by atoms with Gasteiger partial charge in [0.2, 0.25) is 0 Å². The van der Waals surface area contributed by atoms with Gasteiger partial charge in [0.25, 0.3) is 0 Å². The fraction of sp³-hybridized carbons (Fsp3) is 0.682. The summed E-state index contributed by atoms with van der Waals surface area (Å²) < 4.78 is 12.3. The number of likely N-dealkylation sites (tertiary alicyclic amines) is 1. The van der Waals surface area contributed by atoms with Crippen molar-refractivity contribution >= 4 is 6.03 Å². The van der Waals surface area contributed by atoms with Crippen molar-refractivity contribution in [2.45, 2.75) is 63.7 Å². The van der Waals surface area contributed by atoms with Crippen LogP contribution in [0.15, 0.2) is 24.3 Å². The van der Waals surface area contributed by atoms with Gasteiger partial charge in [0.05, 0.1) is 11.7 Å². The van der Waals surface area contributed by atoms with Crippen molar-refractivity contribution < 1.29 is 14.3 Å². The summed E-state index contributed by atoms with van der Waals surface area (Å²) in [6.45, 7) is 5.88. The molecule has 148 valence electrons. The molecule has 1 aromatic carbocycles. The van der Waals surface area contributed by atoms with Gasteiger partial charge in [0.1, 0.15) is 0 Å². The number of carbonyl (C=O) groups excluding carboxylic acids is 1. The van der Waals surface area contributed by atoms with E-state index in [1.54, 1.807) is 0 Å². The number of ether oxygens (including phenoxy) is 2. The molecule has 1 unspecified atom stereocenters. The molecule has 1 saturated carbocycles. The topological polar surface area (TPSA) is 50.8 Å². The molecule has 2 saturated heterocycles. The van der Waals surface area contributed by atoms with Crippen molar-refractivity contribution in [1.82, 2.24) is 10.2 Å². The summed E-state index contributed by atoms with van der Waals surface area (Å²) in [5.41, 5.74) is 2.28. The molecule has 4 rings (SSSR count). The number of piperidine rings is 1. The van der Waals surface area contributed by atoms with Crippen LogP contribution in [0.2, 0.25) is 0 Å². The lowest BCUT2D eigenvalue weighted by molar-refractivity contribution is -0.153. The molecular formula is C22H32N2O3. The van der Waals surface area contributed by atoms with E-state index in [0.717, 1.165) is 63.5 Å². The van der Waals surface area contributed by atoms with Crippen LogP contribution in [0.1, 0.15) is 49.7 Å². The first-order valence-corrected chi connectivity index (χ1v) is 10.5. The fourth-order valence-corrected chi connectivity index (χ4v) is 4.14. The summed E-state index contributed by atoms with van der Waals surface area (Å²) in [7, 11) is 0. The average Bonchev–Trinajstić information content (AvgIpc) is 3.51. The van der Waals surface area contributed by atoms with Crippen LogP contribution in [-0.4, -0.2) is 48.9 Å². The summed E-state index contributed by atoms with van der Waals surface area (Å²) in [6.07, 6.45) is 6.82. The Morgan fingerprint density at radius 1 is 1.22 bits per heavy atom. The third-order valence-corrected chi connectivity index (χ3v) is 6.24. The molecule has 2 aliphatic heterocycles. The predicted octanol–water partition coefficient (Wildman–Crippen LogP) is 3.64.